The zero-order valence-electron chi connectivity index (χ0n) is 17.4. The number of benzene rings is 1. The molecular formula is C22H29N5S. The summed E-state index contributed by atoms with van der Waals surface area (Å²) in [6.07, 6.45) is 6.19. The Morgan fingerprint density at radius 1 is 1.21 bits per heavy atom. The van der Waals surface area contributed by atoms with Gasteiger partial charge in [-0.2, -0.15) is 5.10 Å². The third kappa shape index (κ3) is 3.84. The molecule has 6 heteroatoms. The maximum atomic E-state index is 4.76. The quantitative estimate of drug-likeness (QED) is 0.691. The summed E-state index contributed by atoms with van der Waals surface area (Å²) >= 11 is 1.75. The van der Waals surface area contributed by atoms with Crippen LogP contribution in [0, 0.1) is 12.3 Å². The number of nitrogens with zero attached hydrogens (tertiary/aromatic N) is 4. The lowest BCUT2D eigenvalue weighted by Gasteiger charge is -2.36. The molecule has 1 aliphatic carbocycles. The highest BCUT2D eigenvalue weighted by Gasteiger charge is 2.35. The van der Waals surface area contributed by atoms with E-state index >= 15 is 0 Å². The van der Waals surface area contributed by atoms with E-state index in [0.717, 1.165) is 30.2 Å². The van der Waals surface area contributed by atoms with Crippen molar-refractivity contribution in [3.8, 4) is 5.69 Å². The van der Waals surface area contributed by atoms with Crippen molar-refractivity contribution in [1.29, 1.82) is 0 Å². The molecule has 148 valence electrons. The van der Waals surface area contributed by atoms with Gasteiger partial charge >= 0.3 is 0 Å². The molecule has 1 aromatic carbocycles. The monoisotopic (exact) mass is 395 g/mol. The number of hydrogen-bond acceptors (Lipinski definition) is 5. The normalized spacial score (nSPS) is 18.1. The van der Waals surface area contributed by atoms with E-state index in [4.69, 9.17) is 5.10 Å². The molecule has 2 heterocycles. The van der Waals surface area contributed by atoms with Crippen LogP contribution < -0.4 is 10.2 Å². The molecule has 1 atom stereocenters. The van der Waals surface area contributed by atoms with Gasteiger partial charge in [0.25, 0.3) is 0 Å². The van der Waals surface area contributed by atoms with Gasteiger partial charge in [-0.15, -0.1) is 11.3 Å². The topological polar surface area (TPSA) is 46.0 Å². The van der Waals surface area contributed by atoms with Gasteiger partial charge in [-0.25, -0.2) is 9.67 Å². The SMILES string of the molecule is Cc1ccc(-n2ncc3c2CC(C)(C)C[C@H]3NCc2cnc(N(C)C)s2)cc1. The summed E-state index contributed by atoms with van der Waals surface area (Å²) in [6, 6.07) is 8.93. The Labute approximate surface area is 171 Å². The molecule has 3 aromatic rings. The first-order chi connectivity index (χ1) is 13.3. The molecule has 0 fully saturated rings. The van der Waals surface area contributed by atoms with Crippen molar-refractivity contribution in [3.05, 3.63) is 58.4 Å². The lowest BCUT2D eigenvalue weighted by Crippen LogP contribution is -2.33. The van der Waals surface area contributed by atoms with Crippen molar-refractivity contribution in [2.45, 2.75) is 46.2 Å². The van der Waals surface area contributed by atoms with Gasteiger partial charge in [0, 0.05) is 49.0 Å². The third-order valence-electron chi connectivity index (χ3n) is 5.40. The predicted molar refractivity (Wildman–Crippen MR) is 116 cm³/mol. The molecule has 0 amide bonds. The Bertz CT molecular complexity index is 952. The van der Waals surface area contributed by atoms with Crippen LogP contribution in [0.15, 0.2) is 36.7 Å². The summed E-state index contributed by atoms with van der Waals surface area (Å²) in [6.45, 7) is 7.66. The van der Waals surface area contributed by atoms with Crippen LogP contribution in [0.3, 0.4) is 0 Å². The minimum absolute atomic E-state index is 0.232. The van der Waals surface area contributed by atoms with Gasteiger partial charge in [0.15, 0.2) is 5.13 Å². The van der Waals surface area contributed by atoms with Crippen LogP contribution in [0.5, 0.6) is 0 Å². The summed E-state index contributed by atoms with van der Waals surface area (Å²) in [5.41, 5.74) is 5.30. The Morgan fingerprint density at radius 3 is 2.64 bits per heavy atom. The maximum absolute atomic E-state index is 4.76. The maximum Gasteiger partial charge on any atom is 0.185 e. The third-order valence-corrected chi connectivity index (χ3v) is 6.57. The van der Waals surface area contributed by atoms with E-state index in [9.17, 15) is 0 Å². The van der Waals surface area contributed by atoms with E-state index in [1.807, 2.05) is 20.3 Å². The summed E-state index contributed by atoms with van der Waals surface area (Å²) in [7, 11) is 4.07. The van der Waals surface area contributed by atoms with Crippen LogP contribution in [0.4, 0.5) is 5.13 Å². The molecule has 2 aromatic heterocycles. The van der Waals surface area contributed by atoms with Gasteiger partial charge in [0.1, 0.15) is 0 Å². The number of hydrogen-bond donors (Lipinski definition) is 1. The van der Waals surface area contributed by atoms with Gasteiger partial charge in [0.05, 0.1) is 11.9 Å². The Balaban J connectivity index is 1.59. The first-order valence-electron chi connectivity index (χ1n) is 9.82. The number of aromatic nitrogens is 3. The minimum atomic E-state index is 0.232. The zero-order valence-corrected chi connectivity index (χ0v) is 18.2. The number of nitrogens with one attached hydrogen (secondary N) is 1. The number of thiazole rings is 1. The Morgan fingerprint density at radius 2 is 1.96 bits per heavy atom. The van der Waals surface area contributed by atoms with E-state index in [1.165, 1.54) is 21.7 Å². The number of aryl methyl sites for hydroxylation is 1. The van der Waals surface area contributed by atoms with E-state index in [0.29, 0.717) is 6.04 Å². The molecule has 28 heavy (non-hydrogen) atoms. The fourth-order valence-electron chi connectivity index (χ4n) is 3.94. The smallest absolute Gasteiger partial charge is 0.185 e. The zero-order chi connectivity index (χ0) is 19.9. The second-order valence-electron chi connectivity index (χ2n) is 8.78. The second kappa shape index (κ2) is 7.33. The van der Waals surface area contributed by atoms with Crippen LogP contribution in [0.25, 0.3) is 5.69 Å². The van der Waals surface area contributed by atoms with Gasteiger partial charge in [-0.3, -0.25) is 0 Å². The van der Waals surface area contributed by atoms with Crippen LogP contribution in [0.1, 0.15) is 48.0 Å². The first kappa shape index (κ1) is 19.2. The first-order valence-corrected chi connectivity index (χ1v) is 10.6. The van der Waals surface area contributed by atoms with Crippen molar-refractivity contribution < 1.29 is 0 Å². The predicted octanol–water partition coefficient (Wildman–Crippen LogP) is 4.51. The highest BCUT2D eigenvalue weighted by molar-refractivity contribution is 7.15. The molecule has 0 saturated heterocycles. The summed E-state index contributed by atoms with van der Waals surface area (Å²) in [4.78, 5) is 7.81. The molecule has 0 bridgehead atoms. The second-order valence-corrected chi connectivity index (χ2v) is 9.87. The van der Waals surface area contributed by atoms with Gasteiger partial charge in [-0.05, 0) is 37.3 Å². The fourth-order valence-corrected chi connectivity index (χ4v) is 4.73. The van der Waals surface area contributed by atoms with Crippen LogP contribution in [-0.4, -0.2) is 28.9 Å². The molecule has 0 spiro atoms. The summed E-state index contributed by atoms with van der Waals surface area (Å²) in [5.74, 6) is 0. The minimum Gasteiger partial charge on any atom is -0.354 e. The molecule has 5 nitrogen and oxygen atoms in total. The highest BCUT2D eigenvalue weighted by atomic mass is 32.1. The largest absolute Gasteiger partial charge is 0.354 e. The standard InChI is InChI=1S/C22H29N5S/c1-15-6-8-16(9-7-15)27-20-11-22(2,3)10-19(18(20)14-25-27)23-12-17-13-24-21(28-17)26(4)5/h6-9,13-14,19,23H,10-12H2,1-5H3/t19-/m1/s1. The molecule has 0 aliphatic heterocycles. The van der Waals surface area contributed by atoms with E-state index in [2.05, 4.69) is 71.1 Å². The lowest BCUT2D eigenvalue weighted by atomic mass is 9.74. The van der Waals surface area contributed by atoms with E-state index < -0.39 is 0 Å². The van der Waals surface area contributed by atoms with Crippen molar-refractivity contribution in [2.75, 3.05) is 19.0 Å². The van der Waals surface area contributed by atoms with Crippen LogP contribution in [-0.2, 0) is 13.0 Å². The number of rotatable bonds is 5. The van der Waals surface area contributed by atoms with Crippen molar-refractivity contribution in [3.63, 3.8) is 0 Å². The molecule has 1 N–H and O–H groups in total. The van der Waals surface area contributed by atoms with Gasteiger partial charge in [-0.1, -0.05) is 31.5 Å². The summed E-state index contributed by atoms with van der Waals surface area (Å²) in [5, 5.41) is 9.58. The Kier molecular flexibility index (Phi) is 5.02. The van der Waals surface area contributed by atoms with Crippen molar-refractivity contribution >= 4 is 16.5 Å². The van der Waals surface area contributed by atoms with E-state index in [-0.39, 0.29) is 5.41 Å². The van der Waals surface area contributed by atoms with Crippen molar-refractivity contribution in [2.24, 2.45) is 5.41 Å². The van der Waals surface area contributed by atoms with Crippen LogP contribution in [0.2, 0.25) is 0 Å². The van der Waals surface area contributed by atoms with Gasteiger partial charge in [0.2, 0.25) is 0 Å². The molecular weight excluding hydrogens is 366 g/mol. The average Bonchev–Trinajstić information content (AvgIpc) is 3.27. The van der Waals surface area contributed by atoms with E-state index in [1.54, 1.807) is 11.3 Å². The highest BCUT2D eigenvalue weighted by Crippen LogP contribution is 2.41. The fraction of sp³-hybridized carbons (Fsp3) is 0.455. The molecule has 4 rings (SSSR count). The molecule has 0 saturated carbocycles. The average molecular weight is 396 g/mol. The molecule has 0 radical (unpaired) electrons. The Hall–Kier alpha value is -2.18. The number of anilines is 1. The van der Waals surface area contributed by atoms with Gasteiger partial charge < -0.3 is 10.2 Å². The number of fused-ring (bicyclic) bond motifs is 1. The molecule has 1 aliphatic rings. The summed E-state index contributed by atoms with van der Waals surface area (Å²) < 4.78 is 2.13. The van der Waals surface area contributed by atoms with Crippen molar-refractivity contribution in [1.82, 2.24) is 20.1 Å². The molecule has 0 unspecified atom stereocenters. The van der Waals surface area contributed by atoms with Crippen LogP contribution >= 0.6 is 11.3 Å². The lowest BCUT2D eigenvalue weighted by molar-refractivity contribution is 0.253.